The summed E-state index contributed by atoms with van der Waals surface area (Å²) in [5, 5.41) is 5.15. The normalized spacial score (nSPS) is 17.4. The fraction of sp³-hybridized carbons (Fsp3) is 0.364. The zero-order valence-electron chi connectivity index (χ0n) is 9.82. The summed E-state index contributed by atoms with van der Waals surface area (Å²) in [6.07, 6.45) is 0.772. The van der Waals surface area contributed by atoms with Crippen molar-refractivity contribution in [2.75, 3.05) is 5.32 Å². The summed E-state index contributed by atoms with van der Waals surface area (Å²) in [6, 6.07) is 2.45. The van der Waals surface area contributed by atoms with Crippen LogP contribution in [0.5, 0.6) is 0 Å². The molecule has 2 rings (SSSR count). The van der Waals surface area contributed by atoms with Gasteiger partial charge in [-0.2, -0.15) is 0 Å². The molecule has 0 atom stereocenters. The molecule has 1 aliphatic rings. The van der Waals surface area contributed by atoms with E-state index in [1.807, 2.05) is 0 Å². The second kappa shape index (κ2) is 5.04. The lowest BCUT2D eigenvalue weighted by atomic mass is 9.88. The Bertz CT molecular complexity index is 515. The van der Waals surface area contributed by atoms with Crippen molar-refractivity contribution >= 4 is 29.1 Å². The fourth-order valence-corrected chi connectivity index (χ4v) is 1.90. The van der Waals surface area contributed by atoms with Gasteiger partial charge >= 0.3 is 0 Å². The number of nitrogens with two attached hydrogens (primary N) is 1. The topological polar surface area (TPSA) is 80.0 Å². The Kier molecular flexibility index (Phi) is 3.61. The van der Waals surface area contributed by atoms with Crippen LogP contribution in [0.2, 0.25) is 0 Å². The van der Waals surface area contributed by atoms with Crippen molar-refractivity contribution in [1.82, 2.24) is 10.3 Å². The molecule has 0 bridgehead atoms. The number of nitrogens with zero attached hydrogens (tertiary/aromatic N) is 1. The average molecular weight is 286 g/mol. The molecule has 0 aromatic carbocycles. The van der Waals surface area contributed by atoms with Crippen molar-refractivity contribution < 1.29 is 13.6 Å². The van der Waals surface area contributed by atoms with Crippen LogP contribution >= 0.6 is 12.2 Å². The number of halogens is 2. The first-order valence-electron chi connectivity index (χ1n) is 5.57. The van der Waals surface area contributed by atoms with Crippen LogP contribution in [-0.2, 0) is 0 Å². The summed E-state index contributed by atoms with van der Waals surface area (Å²) >= 11 is 4.65. The number of aromatic nitrogens is 1. The minimum Gasteiger partial charge on any atom is -0.376 e. The third kappa shape index (κ3) is 3.57. The molecule has 102 valence electrons. The molecule has 0 spiro atoms. The van der Waals surface area contributed by atoms with Gasteiger partial charge in [0.15, 0.2) is 5.11 Å². The second-order valence-electron chi connectivity index (χ2n) is 4.35. The second-order valence-corrected chi connectivity index (χ2v) is 4.79. The lowest BCUT2D eigenvalue weighted by Gasteiger charge is -2.35. The zero-order valence-corrected chi connectivity index (χ0v) is 10.6. The largest absolute Gasteiger partial charge is 0.376 e. The number of alkyl halides is 2. The van der Waals surface area contributed by atoms with Crippen LogP contribution in [0.15, 0.2) is 18.3 Å². The highest BCUT2D eigenvalue weighted by atomic mass is 32.1. The summed E-state index contributed by atoms with van der Waals surface area (Å²) in [5.41, 5.74) is 5.60. The molecule has 5 nitrogen and oxygen atoms in total. The van der Waals surface area contributed by atoms with Crippen LogP contribution in [0.25, 0.3) is 0 Å². The first kappa shape index (κ1) is 13.6. The maximum Gasteiger partial charge on any atom is 0.252 e. The smallest absolute Gasteiger partial charge is 0.252 e. The first-order chi connectivity index (χ1) is 8.85. The number of carbonyl (C=O) groups excluding carboxylic acids is 1. The Hall–Kier alpha value is -1.83. The molecular weight excluding hydrogens is 274 g/mol. The highest BCUT2D eigenvalue weighted by molar-refractivity contribution is 7.80. The van der Waals surface area contributed by atoms with Crippen molar-refractivity contribution in [3.63, 3.8) is 0 Å². The van der Waals surface area contributed by atoms with Gasteiger partial charge in [-0.3, -0.25) is 4.79 Å². The molecule has 1 heterocycles. The van der Waals surface area contributed by atoms with Crippen LogP contribution < -0.4 is 16.4 Å². The van der Waals surface area contributed by atoms with Crippen molar-refractivity contribution in [2.24, 2.45) is 5.73 Å². The van der Waals surface area contributed by atoms with Gasteiger partial charge in [-0.15, -0.1) is 0 Å². The zero-order chi connectivity index (χ0) is 14.0. The van der Waals surface area contributed by atoms with Crippen LogP contribution in [-0.4, -0.2) is 28.0 Å². The molecule has 1 amide bonds. The molecule has 1 aliphatic carbocycles. The Morgan fingerprint density at radius 3 is 2.79 bits per heavy atom. The number of hydrogen-bond donors (Lipinski definition) is 3. The minimum absolute atomic E-state index is 0.0312. The molecule has 1 aromatic rings. The van der Waals surface area contributed by atoms with E-state index in [0.29, 0.717) is 11.4 Å². The van der Waals surface area contributed by atoms with E-state index in [-0.39, 0.29) is 18.0 Å². The van der Waals surface area contributed by atoms with Gasteiger partial charge in [-0.25, -0.2) is 13.8 Å². The van der Waals surface area contributed by atoms with E-state index in [1.54, 1.807) is 0 Å². The molecule has 0 saturated heterocycles. The summed E-state index contributed by atoms with van der Waals surface area (Å²) in [4.78, 5) is 15.7. The lowest BCUT2D eigenvalue weighted by molar-refractivity contribution is -0.0901. The van der Waals surface area contributed by atoms with E-state index in [4.69, 9.17) is 5.73 Å². The van der Waals surface area contributed by atoms with Crippen LogP contribution in [0.1, 0.15) is 23.2 Å². The third-order valence-electron chi connectivity index (χ3n) is 2.70. The molecule has 1 saturated carbocycles. The number of amides is 1. The maximum absolute atomic E-state index is 12.6. The lowest BCUT2D eigenvalue weighted by Crippen LogP contribution is -2.50. The number of nitrogens with one attached hydrogen (secondary N) is 2. The summed E-state index contributed by atoms with van der Waals surface area (Å²) < 4.78 is 25.3. The number of carbonyl (C=O) groups is 1. The van der Waals surface area contributed by atoms with Gasteiger partial charge in [-0.1, -0.05) is 0 Å². The van der Waals surface area contributed by atoms with Crippen LogP contribution in [0, 0.1) is 0 Å². The standard InChI is InChI=1S/C11H12F2N4OS/c12-11(13)4-7(5-11)16-9(18)6-1-2-15-8(3-6)17-10(14)19/h1-3,7H,4-5H2,(H,16,18)(H3,14,15,17,19). The summed E-state index contributed by atoms with van der Waals surface area (Å²) in [6.45, 7) is 0. The van der Waals surface area contributed by atoms with E-state index in [2.05, 4.69) is 27.8 Å². The maximum atomic E-state index is 12.6. The van der Waals surface area contributed by atoms with Gasteiger partial charge in [0.25, 0.3) is 11.8 Å². The van der Waals surface area contributed by atoms with Gasteiger partial charge in [0.1, 0.15) is 5.82 Å². The van der Waals surface area contributed by atoms with Crippen molar-refractivity contribution in [3.8, 4) is 0 Å². The molecule has 0 aliphatic heterocycles. The molecule has 0 unspecified atom stereocenters. The van der Waals surface area contributed by atoms with E-state index in [1.165, 1.54) is 18.3 Å². The molecule has 1 fully saturated rings. The van der Waals surface area contributed by atoms with Crippen LogP contribution in [0.3, 0.4) is 0 Å². The monoisotopic (exact) mass is 286 g/mol. The summed E-state index contributed by atoms with van der Waals surface area (Å²) in [5.74, 6) is -2.75. The Balaban J connectivity index is 1.97. The SMILES string of the molecule is NC(=S)Nc1cc(C(=O)NC2CC(F)(F)C2)ccn1. The predicted molar refractivity (Wildman–Crippen MR) is 70.1 cm³/mol. The highest BCUT2D eigenvalue weighted by Crippen LogP contribution is 2.37. The highest BCUT2D eigenvalue weighted by Gasteiger charge is 2.45. The van der Waals surface area contributed by atoms with Gasteiger partial charge in [0.05, 0.1) is 0 Å². The van der Waals surface area contributed by atoms with Gasteiger partial charge in [0, 0.05) is 30.6 Å². The number of pyridine rings is 1. The fourth-order valence-electron chi connectivity index (χ4n) is 1.80. The van der Waals surface area contributed by atoms with Gasteiger partial charge in [0.2, 0.25) is 0 Å². The molecule has 4 N–H and O–H groups in total. The van der Waals surface area contributed by atoms with Crippen molar-refractivity contribution in [2.45, 2.75) is 24.8 Å². The molecule has 0 radical (unpaired) electrons. The van der Waals surface area contributed by atoms with E-state index in [0.717, 1.165) is 0 Å². The number of hydrogen-bond acceptors (Lipinski definition) is 3. The molecular formula is C11H12F2N4OS. The Morgan fingerprint density at radius 2 is 2.21 bits per heavy atom. The van der Waals surface area contributed by atoms with Gasteiger partial charge < -0.3 is 16.4 Å². The van der Waals surface area contributed by atoms with E-state index >= 15 is 0 Å². The van der Waals surface area contributed by atoms with Crippen LogP contribution in [0.4, 0.5) is 14.6 Å². The number of thiocarbonyl (C=S) groups is 1. The van der Waals surface area contributed by atoms with Gasteiger partial charge in [-0.05, 0) is 24.4 Å². The van der Waals surface area contributed by atoms with E-state index < -0.39 is 17.9 Å². The first-order valence-corrected chi connectivity index (χ1v) is 5.98. The average Bonchev–Trinajstić information content (AvgIpc) is 2.26. The Morgan fingerprint density at radius 1 is 1.53 bits per heavy atom. The quantitative estimate of drug-likeness (QED) is 0.729. The molecule has 1 aromatic heterocycles. The van der Waals surface area contributed by atoms with Crippen molar-refractivity contribution in [1.29, 1.82) is 0 Å². The van der Waals surface area contributed by atoms with Crippen molar-refractivity contribution in [3.05, 3.63) is 23.9 Å². The molecule has 8 heteroatoms. The number of rotatable bonds is 3. The van der Waals surface area contributed by atoms with E-state index in [9.17, 15) is 13.6 Å². The Labute approximate surface area is 113 Å². The number of anilines is 1. The predicted octanol–water partition coefficient (Wildman–Crippen LogP) is 1.26. The minimum atomic E-state index is -2.66. The summed E-state index contributed by atoms with van der Waals surface area (Å²) in [7, 11) is 0. The molecule has 19 heavy (non-hydrogen) atoms. The third-order valence-corrected chi connectivity index (χ3v) is 2.80.